The number of carbonyl (C=O) groups is 1. The summed E-state index contributed by atoms with van der Waals surface area (Å²) in [6, 6.07) is 5.86. The largest absolute Gasteiger partial charge is 0.486 e. The van der Waals surface area contributed by atoms with Gasteiger partial charge in [0.2, 0.25) is 0 Å². The maximum atomic E-state index is 10.7. The lowest BCUT2D eigenvalue weighted by Gasteiger charge is -2.04. The van der Waals surface area contributed by atoms with Crippen molar-refractivity contribution in [3.05, 3.63) is 25.3 Å². The molecule has 0 heterocycles. The molecule has 0 atom stereocenters. The van der Waals surface area contributed by atoms with Crippen LogP contribution in [0.25, 0.3) is 0 Å². The molecule has 1 aromatic rings. The molecule has 13 heavy (non-hydrogen) atoms. The Morgan fingerprint density at radius 1 is 1.31 bits per heavy atom. The first kappa shape index (κ1) is 11.2. The second kappa shape index (κ2) is 5.14. The molecule has 70 valence electrons. The van der Waals surface area contributed by atoms with Gasteiger partial charge in [0.15, 0.2) is 5.78 Å². The molecule has 0 bridgehead atoms. The molecule has 4 heteroatoms. The lowest BCUT2D eigenvalue weighted by Crippen LogP contribution is -2.06. The Hall–Kier alpha value is 0.150. The topological polar surface area (TPSA) is 26.3 Å². The van der Waals surface area contributed by atoms with Crippen LogP contribution in [-0.4, -0.2) is 12.4 Å². The third-order valence-electron chi connectivity index (χ3n) is 1.28. The van der Waals surface area contributed by atoms with E-state index in [1.54, 1.807) is 0 Å². The minimum atomic E-state index is 0.0360. The van der Waals surface area contributed by atoms with Crippen LogP contribution in [-0.2, 0) is 4.79 Å². The van der Waals surface area contributed by atoms with Crippen molar-refractivity contribution in [2.45, 2.75) is 6.92 Å². The van der Waals surface area contributed by atoms with E-state index in [0.717, 1.165) is 12.9 Å². The summed E-state index contributed by atoms with van der Waals surface area (Å²) in [5.41, 5.74) is 0. The van der Waals surface area contributed by atoms with Crippen LogP contribution >= 0.6 is 45.2 Å². The predicted molar refractivity (Wildman–Crippen MR) is 68.1 cm³/mol. The number of ether oxygens (including phenoxy) is 1. The van der Waals surface area contributed by atoms with Gasteiger partial charge in [0.1, 0.15) is 12.4 Å². The summed E-state index contributed by atoms with van der Waals surface area (Å²) >= 11 is 4.44. The van der Waals surface area contributed by atoms with Crippen molar-refractivity contribution in [3.63, 3.8) is 0 Å². The summed E-state index contributed by atoms with van der Waals surface area (Å²) in [4.78, 5) is 10.7. The molecule has 0 aliphatic carbocycles. The molecule has 0 saturated heterocycles. The van der Waals surface area contributed by atoms with Gasteiger partial charge in [-0.25, -0.2) is 0 Å². The summed E-state index contributed by atoms with van der Waals surface area (Å²) in [5, 5.41) is 0. The van der Waals surface area contributed by atoms with E-state index in [-0.39, 0.29) is 12.4 Å². The number of hydrogen-bond donors (Lipinski definition) is 0. The molecule has 0 aromatic heterocycles. The van der Waals surface area contributed by atoms with E-state index >= 15 is 0 Å². The predicted octanol–water partition coefficient (Wildman–Crippen LogP) is 2.86. The van der Waals surface area contributed by atoms with Crippen LogP contribution in [0.15, 0.2) is 18.2 Å². The summed E-state index contributed by atoms with van der Waals surface area (Å²) in [6.45, 7) is 1.66. The maximum absolute atomic E-state index is 10.7. The van der Waals surface area contributed by atoms with Gasteiger partial charge in [-0.15, -0.1) is 0 Å². The lowest BCUT2D eigenvalue weighted by molar-refractivity contribution is -0.118. The Labute approximate surface area is 104 Å². The highest BCUT2D eigenvalue weighted by atomic mass is 127. The van der Waals surface area contributed by atoms with Gasteiger partial charge in [-0.3, -0.25) is 4.79 Å². The first-order chi connectivity index (χ1) is 6.08. The van der Waals surface area contributed by atoms with E-state index < -0.39 is 0 Å². The monoisotopic (exact) mass is 402 g/mol. The summed E-state index contributed by atoms with van der Waals surface area (Å²) in [5.74, 6) is 0.792. The van der Waals surface area contributed by atoms with Crippen LogP contribution in [0, 0.1) is 7.14 Å². The van der Waals surface area contributed by atoms with Crippen molar-refractivity contribution in [2.24, 2.45) is 0 Å². The van der Waals surface area contributed by atoms with E-state index in [2.05, 4.69) is 45.2 Å². The quantitative estimate of drug-likeness (QED) is 0.728. The zero-order valence-corrected chi connectivity index (χ0v) is 11.3. The van der Waals surface area contributed by atoms with Gasteiger partial charge >= 0.3 is 0 Å². The van der Waals surface area contributed by atoms with Gasteiger partial charge in [-0.2, -0.15) is 0 Å². The zero-order valence-electron chi connectivity index (χ0n) is 7.01. The Balaban J connectivity index is 2.71. The Bertz CT molecular complexity index is 303. The Morgan fingerprint density at radius 3 is 2.31 bits per heavy atom. The van der Waals surface area contributed by atoms with E-state index in [9.17, 15) is 4.79 Å². The van der Waals surface area contributed by atoms with Crippen molar-refractivity contribution in [1.82, 2.24) is 0 Å². The highest BCUT2D eigenvalue weighted by molar-refractivity contribution is 14.1. The fraction of sp³-hybridized carbons (Fsp3) is 0.222. The summed E-state index contributed by atoms with van der Waals surface area (Å²) < 4.78 is 7.50. The lowest BCUT2D eigenvalue weighted by atomic mass is 10.3. The van der Waals surface area contributed by atoms with E-state index in [4.69, 9.17) is 4.74 Å². The molecular weight excluding hydrogens is 394 g/mol. The van der Waals surface area contributed by atoms with Gasteiger partial charge in [-0.1, -0.05) is 0 Å². The molecule has 0 aliphatic rings. The summed E-state index contributed by atoms with van der Waals surface area (Å²) in [7, 11) is 0. The minimum absolute atomic E-state index is 0.0360. The highest BCUT2D eigenvalue weighted by Gasteiger charge is 1.99. The first-order valence-corrected chi connectivity index (χ1v) is 5.82. The van der Waals surface area contributed by atoms with Crippen LogP contribution in [0.5, 0.6) is 5.75 Å². The standard InChI is InChI=1S/C9H8I2O2/c1-6(12)5-13-9-3-7(10)2-8(11)4-9/h2-4H,5H2,1H3. The van der Waals surface area contributed by atoms with Gasteiger partial charge in [0.05, 0.1) is 0 Å². The molecule has 0 radical (unpaired) electrons. The maximum Gasteiger partial charge on any atom is 0.167 e. The van der Waals surface area contributed by atoms with Crippen molar-refractivity contribution in [2.75, 3.05) is 6.61 Å². The Kier molecular flexibility index (Phi) is 4.43. The molecule has 0 saturated carbocycles. The smallest absolute Gasteiger partial charge is 0.167 e. The average molecular weight is 402 g/mol. The number of halogens is 2. The highest BCUT2D eigenvalue weighted by Crippen LogP contribution is 2.19. The van der Waals surface area contributed by atoms with Gasteiger partial charge < -0.3 is 4.74 Å². The van der Waals surface area contributed by atoms with Crippen LogP contribution in [0.2, 0.25) is 0 Å². The molecule has 0 fully saturated rings. The van der Waals surface area contributed by atoms with E-state index in [1.807, 2.05) is 18.2 Å². The van der Waals surface area contributed by atoms with Gasteiger partial charge in [0, 0.05) is 7.14 Å². The molecule has 0 unspecified atom stereocenters. The molecular formula is C9H8I2O2. The Morgan fingerprint density at radius 2 is 1.85 bits per heavy atom. The van der Waals surface area contributed by atoms with E-state index in [1.165, 1.54) is 6.92 Å². The number of ketones is 1. The number of carbonyl (C=O) groups excluding carboxylic acids is 1. The second-order valence-corrected chi connectivity index (χ2v) is 5.09. The van der Waals surface area contributed by atoms with Crippen molar-refractivity contribution in [1.29, 1.82) is 0 Å². The van der Waals surface area contributed by atoms with Crippen molar-refractivity contribution in [3.8, 4) is 5.75 Å². The number of Topliss-reactive ketones (excluding diaryl/α,β-unsaturated/α-hetero) is 1. The first-order valence-electron chi connectivity index (χ1n) is 3.66. The molecule has 1 rings (SSSR count). The fourth-order valence-corrected chi connectivity index (χ4v) is 2.68. The van der Waals surface area contributed by atoms with Crippen LogP contribution in [0.3, 0.4) is 0 Å². The van der Waals surface area contributed by atoms with Gasteiger partial charge in [-0.05, 0) is 70.3 Å². The van der Waals surface area contributed by atoms with Gasteiger partial charge in [0.25, 0.3) is 0 Å². The van der Waals surface area contributed by atoms with Crippen molar-refractivity contribution >= 4 is 51.0 Å². The molecule has 0 spiro atoms. The zero-order chi connectivity index (χ0) is 9.84. The van der Waals surface area contributed by atoms with E-state index in [0.29, 0.717) is 0 Å². The SMILES string of the molecule is CC(=O)COc1cc(I)cc(I)c1. The normalized spacial score (nSPS) is 9.77. The molecule has 0 amide bonds. The third kappa shape index (κ3) is 4.26. The second-order valence-electron chi connectivity index (χ2n) is 2.60. The third-order valence-corrected chi connectivity index (χ3v) is 2.52. The van der Waals surface area contributed by atoms with Crippen LogP contribution in [0.4, 0.5) is 0 Å². The van der Waals surface area contributed by atoms with Crippen molar-refractivity contribution < 1.29 is 9.53 Å². The molecule has 0 aliphatic heterocycles. The molecule has 2 nitrogen and oxygen atoms in total. The minimum Gasteiger partial charge on any atom is -0.486 e. The average Bonchev–Trinajstić information content (AvgIpc) is 1.99. The van der Waals surface area contributed by atoms with Crippen LogP contribution < -0.4 is 4.74 Å². The number of hydrogen-bond acceptors (Lipinski definition) is 2. The molecule has 0 N–H and O–H groups in total. The summed E-state index contributed by atoms with van der Waals surface area (Å²) in [6.07, 6.45) is 0. The number of rotatable bonds is 3. The van der Waals surface area contributed by atoms with Crippen LogP contribution in [0.1, 0.15) is 6.92 Å². The fourth-order valence-electron chi connectivity index (χ4n) is 0.797. The molecule has 1 aromatic carbocycles. The number of benzene rings is 1.